The summed E-state index contributed by atoms with van der Waals surface area (Å²) in [5, 5.41) is 14.7. The van der Waals surface area contributed by atoms with Gasteiger partial charge in [-0.15, -0.1) is 0 Å². The molecular formula is C25H24N2O4. The quantitative estimate of drug-likeness (QED) is 0.534. The number of benzene rings is 3. The Hall–Kier alpha value is -3.93. The van der Waals surface area contributed by atoms with Gasteiger partial charge in [-0.05, 0) is 53.4 Å². The van der Waals surface area contributed by atoms with Gasteiger partial charge in [-0.1, -0.05) is 51.1 Å². The number of para-hydroxylation sites is 1. The highest BCUT2D eigenvalue weighted by atomic mass is 16.4. The van der Waals surface area contributed by atoms with Crippen molar-refractivity contribution in [2.75, 3.05) is 10.6 Å². The zero-order chi connectivity index (χ0) is 22.6. The second-order valence-corrected chi connectivity index (χ2v) is 8.17. The summed E-state index contributed by atoms with van der Waals surface area (Å²) in [7, 11) is 0. The molecule has 31 heavy (non-hydrogen) atoms. The molecule has 6 nitrogen and oxygen atoms in total. The Morgan fingerprint density at radius 2 is 1.39 bits per heavy atom. The van der Waals surface area contributed by atoms with Crippen LogP contribution in [0.1, 0.15) is 57.4 Å². The molecule has 0 aliphatic carbocycles. The molecule has 0 aliphatic heterocycles. The molecule has 0 bridgehead atoms. The Morgan fingerprint density at radius 3 is 2.03 bits per heavy atom. The number of carboxylic acids is 1. The number of hydrogen-bond donors (Lipinski definition) is 3. The maximum Gasteiger partial charge on any atom is 0.335 e. The fourth-order valence-corrected chi connectivity index (χ4v) is 3.03. The minimum Gasteiger partial charge on any atom is -0.478 e. The summed E-state index contributed by atoms with van der Waals surface area (Å²) in [6.45, 7) is 6.35. The van der Waals surface area contributed by atoms with Gasteiger partial charge in [0.2, 0.25) is 0 Å². The fourth-order valence-electron chi connectivity index (χ4n) is 3.03. The highest BCUT2D eigenvalue weighted by molar-refractivity contribution is 6.12. The summed E-state index contributed by atoms with van der Waals surface area (Å²) in [6, 6.07) is 20.0. The van der Waals surface area contributed by atoms with Crippen LogP contribution >= 0.6 is 0 Å². The van der Waals surface area contributed by atoms with Crippen molar-refractivity contribution in [1.82, 2.24) is 0 Å². The normalized spacial score (nSPS) is 10.9. The summed E-state index contributed by atoms with van der Waals surface area (Å²) in [5.74, 6) is -1.98. The molecule has 0 heterocycles. The van der Waals surface area contributed by atoms with Crippen LogP contribution in [0.25, 0.3) is 0 Å². The number of amides is 2. The Bertz CT molecular complexity index is 1130. The van der Waals surface area contributed by atoms with Crippen LogP contribution in [-0.4, -0.2) is 22.9 Å². The van der Waals surface area contributed by atoms with Crippen LogP contribution in [0.2, 0.25) is 0 Å². The molecule has 0 aromatic heterocycles. The van der Waals surface area contributed by atoms with E-state index in [0.717, 1.165) is 5.56 Å². The highest BCUT2D eigenvalue weighted by Gasteiger charge is 2.17. The van der Waals surface area contributed by atoms with Crippen LogP contribution in [0, 0.1) is 0 Å². The van der Waals surface area contributed by atoms with Crippen molar-refractivity contribution in [3.8, 4) is 0 Å². The standard InChI is InChI=1S/C25H24N2O4/c1-25(2,3)18-11-13-19(14-12-18)26-23(29)20-9-4-5-10-21(20)27-22(28)16-7-6-8-17(15-16)24(30)31/h4-15H,1-3H3,(H,26,29)(H,27,28)(H,30,31). The number of carboxylic acid groups (broad SMARTS) is 1. The van der Waals surface area contributed by atoms with Crippen molar-refractivity contribution >= 4 is 29.2 Å². The molecule has 0 atom stereocenters. The molecule has 2 amide bonds. The maximum atomic E-state index is 12.8. The molecule has 0 saturated heterocycles. The van der Waals surface area contributed by atoms with E-state index in [-0.39, 0.29) is 22.4 Å². The summed E-state index contributed by atoms with van der Waals surface area (Å²) in [5.41, 5.74) is 2.64. The first-order valence-electron chi connectivity index (χ1n) is 9.81. The van der Waals surface area contributed by atoms with Crippen LogP contribution in [0.4, 0.5) is 11.4 Å². The van der Waals surface area contributed by atoms with E-state index < -0.39 is 11.9 Å². The van der Waals surface area contributed by atoms with Gasteiger partial charge in [0, 0.05) is 11.3 Å². The fraction of sp³-hybridized carbons (Fsp3) is 0.160. The number of nitrogens with one attached hydrogen (secondary N) is 2. The van der Waals surface area contributed by atoms with Crippen molar-refractivity contribution in [3.05, 3.63) is 95.1 Å². The molecule has 3 aromatic rings. The Morgan fingerprint density at radius 1 is 0.742 bits per heavy atom. The Labute approximate surface area is 180 Å². The number of carbonyl (C=O) groups is 3. The van der Waals surface area contributed by atoms with E-state index in [4.69, 9.17) is 5.11 Å². The lowest BCUT2D eigenvalue weighted by atomic mass is 9.87. The summed E-state index contributed by atoms with van der Waals surface area (Å²) >= 11 is 0. The number of rotatable bonds is 5. The van der Waals surface area contributed by atoms with E-state index in [1.54, 1.807) is 24.3 Å². The minimum absolute atomic E-state index is 0.0113. The summed E-state index contributed by atoms with van der Waals surface area (Å²) < 4.78 is 0. The van der Waals surface area contributed by atoms with Crippen LogP contribution in [0.5, 0.6) is 0 Å². The number of hydrogen-bond acceptors (Lipinski definition) is 3. The van der Waals surface area contributed by atoms with Crippen LogP contribution in [0.3, 0.4) is 0 Å². The van der Waals surface area contributed by atoms with Gasteiger partial charge in [-0.25, -0.2) is 4.79 Å². The second-order valence-electron chi connectivity index (χ2n) is 8.17. The lowest BCUT2D eigenvalue weighted by Gasteiger charge is -2.19. The largest absolute Gasteiger partial charge is 0.478 e. The number of anilines is 2. The van der Waals surface area contributed by atoms with Crippen molar-refractivity contribution in [3.63, 3.8) is 0 Å². The first kappa shape index (κ1) is 21.8. The third kappa shape index (κ3) is 5.36. The van der Waals surface area contributed by atoms with Crippen molar-refractivity contribution in [2.24, 2.45) is 0 Å². The smallest absolute Gasteiger partial charge is 0.335 e. The van der Waals surface area contributed by atoms with Crippen LogP contribution in [0.15, 0.2) is 72.8 Å². The topological polar surface area (TPSA) is 95.5 Å². The van der Waals surface area contributed by atoms with Crippen LogP contribution in [-0.2, 0) is 5.41 Å². The SMILES string of the molecule is CC(C)(C)c1ccc(NC(=O)c2ccccc2NC(=O)c2cccc(C(=O)O)c2)cc1. The van der Waals surface area contributed by atoms with Gasteiger partial charge < -0.3 is 15.7 Å². The molecule has 0 spiro atoms. The van der Waals surface area contributed by atoms with Crippen molar-refractivity contribution in [2.45, 2.75) is 26.2 Å². The predicted octanol–water partition coefficient (Wildman–Crippen LogP) is 5.19. The molecular weight excluding hydrogens is 392 g/mol. The van der Waals surface area contributed by atoms with E-state index in [0.29, 0.717) is 16.9 Å². The highest BCUT2D eigenvalue weighted by Crippen LogP contribution is 2.24. The van der Waals surface area contributed by atoms with E-state index in [2.05, 4.69) is 31.4 Å². The zero-order valence-corrected chi connectivity index (χ0v) is 17.6. The average Bonchev–Trinajstić information content (AvgIpc) is 2.74. The molecule has 0 fully saturated rings. The minimum atomic E-state index is -1.12. The molecule has 0 radical (unpaired) electrons. The van der Waals surface area contributed by atoms with Gasteiger partial charge >= 0.3 is 5.97 Å². The molecule has 6 heteroatoms. The molecule has 0 unspecified atom stereocenters. The summed E-state index contributed by atoms with van der Waals surface area (Å²) in [6.07, 6.45) is 0. The lowest BCUT2D eigenvalue weighted by Crippen LogP contribution is -2.18. The summed E-state index contributed by atoms with van der Waals surface area (Å²) in [4.78, 5) is 36.6. The van der Waals surface area contributed by atoms with Gasteiger partial charge in [0.1, 0.15) is 0 Å². The molecule has 0 saturated carbocycles. The molecule has 158 valence electrons. The third-order valence-electron chi connectivity index (χ3n) is 4.80. The second kappa shape index (κ2) is 8.83. The average molecular weight is 416 g/mol. The number of aromatic carboxylic acids is 1. The van der Waals surface area contributed by atoms with E-state index in [1.807, 2.05) is 24.3 Å². The predicted molar refractivity (Wildman–Crippen MR) is 121 cm³/mol. The van der Waals surface area contributed by atoms with Gasteiger partial charge in [0.15, 0.2) is 0 Å². The number of carbonyl (C=O) groups excluding carboxylic acids is 2. The van der Waals surface area contributed by atoms with Gasteiger partial charge in [0.25, 0.3) is 11.8 Å². The van der Waals surface area contributed by atoms with Gasteiger partial charge in [-0.3, -0.25) is 9.59 Å². The first-order valence-corrected chi connectivity index (χ1v) is 9.81. The molecule has 0 aliphatic rings. The zero-order valence-electron chi connectivity index (χ0n) is 17.6. The van der Waals surface area contributed by atoms with E-state index in [1.165, 1.54) is 24.3 Å². The van der Waals surface area contributed by atoms with E-state index in [9.17, 15) is 14.4 Å². The van der Waals surface area contributed by atoms with Crippen LogP contribution < -0.4 is 10.6 Å². The van der Waals surface area contributed by atoms with Crippen molar-refractivity contribution in [1.29, 1.82) is 0 Å². The Balaban J connectivity index is 1.78. The molecule has 3 N–H and O–H groups in total. The Kier molecular flexibility index (Phi) is 6.20. The first-order chi connectivity index (χ1) is 14.6. The van der Waals surface area contributed by atoms with Gasteiger partial charge in [0.05, 0.1) is 16.8 Å². The molecule has 3 rings (SSSR count). The maximum absolute atomic E-state index is 12.8. The van der Waals surface area contributed by atoms with Gasteiger partial charge in [-0.2, -0.15) is 0 Å². The third-order valence-corrected chi connectivity index (χ3v) is 4.80. The monoisotopic (exact) mass is 416 g/mol. The van der Waals surface area contributed by atoms with Crippen molar-refractivity contribution < 1.29 is 19.5 Å². The van der Waals surface area contributed by atoms with E-state index >= 15 is 0 Å². The lowest BCUT2D eigenvalue weighted by molar-refractivity contribution is 0.0696. The molecule has 3 aromatic carbocycles.